The molecule has 2 aliphatic rings. The van der Waals surface area contributed by atoms with Gasteiger partial charge in [-0.05, 0) is 31.6 Å². The first kappa shape index (κ1) is 13.9. The molecule has 2 nitrogen and oxygen atoms in total. The summed E-state index contributed by atoms with van der Waals surface area (Å²) < 4.78 is 37.4. The summed E-state index contributed by atoms with van der Waals surface area (Å²) in [5.74, 6) is 0.564. The third-order valence-electron chi connectivity index (χ3n) is 4.00. The molecule has 0 aromatic carbocycles. The van der Waals surface area contributed by atoms with Crippen LogP contribution in [0.2, 0.25) is 0 Å². The number of nitrogens with two attached hydrogens (primary N) is 1. The predicted molar refractivity (Wildman–Crippen MR) is 65.1 cm³/mol. The van der Waals surface area contributed by atoms with Gasteiger partial charge in [0.2, 0.25) is 0 Å². The van der Waals surface area contributed by atoms with E-state index in [0.29, 0.717) is 19.0 Å². The largest absolute Gasteiger partial charge is 0.412 e. The summed E-state index contributed by atoms with van der Waals surface area (Å²) in [5, 5.41) is 0. The molecule has 2 N–H and O–H groups in total. The maximum Gasteiger partial charge on any atom is 0.412 e. The molecule has 104 valence electrons. The van der Waals surface area contributed by atoms with Gasteiger partial charge in [0.1, 0.15) is 0 Å². The minimum atomic E-state index is -4.14. The van der Waals surface area contributed by atoms with Crippen molar-refractivity contribution in [3.8, 4) is 0 Å². The van der Waals surface area contributed by atoms with Crippen molar-refractivity contribution in [2.45, 2.75) is 44.3 Å². The smallest absolute Gasteiger partial charge is 0.328 e. The van der Waals surface area contributed by atoms with Crippen LogP contribution in [0.1, 0.15) is 32.1 Å². The van der Waals surface area contributed by atoms with E-state index >= 15 is 0 Å². The molecule has 1 aliphatic carbocycles. The average Bonchev–Trinajstić information content (AvgIpc) is 2.28. The Morgan fingerprint density at radius 1 is 1.33 bits per heavy atom. The quantitative estimate of drug-likeness (QED) is 0.775. The van der Waals surface area contributed by atoms with E-state index in [2.05, 4.69) is 4.90 Å². The Balaban J connectivity index is 1.81. The fourth-order valence-electron chi connectivity index (χ4n) is 3.00. The number of rotatable bonds is 2. The topological polar surface area (TPSA) is 29.3 Å². The fraction of sp³-hybridized carbons (Fsp3) is 0.846. The Morgan fingerprint density at radius 3 is 2.67 bits per heavy atom. The molecule has 1 fully saturated rings. The van der Waals surface area contributed by atoms with Crippen molar-refractivity contribution >= 4 is 0 Å². The lowest BCUT2D eigenvalue weighted by atomic mass is 9.85. The second-order valence-corrected chi connectivity index (χ2v) is 5.53. The molecular weight excluding hydrogens is 241 g/mol. The molecule has 0 aromatic heterocycles. The maximum absolute atomic E-state index is 12.5. The SMILES string of the molecule is NC1CCCC(CN2CC=C(C(F)(F)F)CC2)C1. The summed E-state index contributed by atoms with van der Waals surface area (Å²) in [6.45, 7) is 1.85. The number of hydrogen-bond donors (Lipinski definition) is 1. The highest BCUT2D eigenvalue weighted by Crippen LogP contribution is 2.31. The van der Waals surface area contributed by atoms with Crippen LogP contribution in [-0.2, 0) is 0 Å². The first-order valence-corrected chi connectivity index (χ1v) is 6.69. The van der Waals surface area contributed by atoms with Crippen LogP contribution in [0, 0.1) is 5.92 Å². The summed E-state index contributed by atoms with van der Waals surface area (Å²) in [7, 11) is 0. The number of halogens is 3. The van der Waals surface area contributed by atoms with Crippen molar-refractivity contribution < 1.29 is 13.2 Å². The lowest BCUT2D eigenvalue weighted by Gasteiger charge is -2.33. The monoisotopic (exact) mass is 262 g/mol. The summed E-state index contributed by atoms with van der Waals surface area (Å²) in [4.78, 5) is 2.12. The van der Waals surface area contributed by atoms with E-state index in [1.165, 1.54) is 12.5 Å². The lowest BCUT2D eigenvalue weighted by molar-refractivity contribution is -0.0961. The van der Waals surface area contributed by atoms with E-state index in [0.717, 1.165) is 25.8 Å². The third-order valence-corrected chi connectivity index (χ3v) is 4.00. The van der Waals surface area contributed by atoms with Gasteiger partial charge in [0, 0.05) is 31.2 Å². The minimum absolute atomic E-state index is 0.127. The Labute approximate surface area is 106 Å². The van der Waals surface area contributed by atoms with Crippen LogP contribution in [0.4, 0.5) is 13.2 Å². The molecule has 0 amide bonds. The highest BCUT2D eigenvalue weighted by molar-refractivity contribution is 5.13. The zero-order chi connectivity index (χ0) is 13.2. The highest BCUT2D eigenvalue weighted by Gasteiger charge is 2.35. The molecule has 18 heavy (non-hydrogen) atoms. The van der Waals surface area contributed by atoms with Gasteiger partial charge in [-0.25, -0.2) is 0 Å². The number of hydrogen-bond acceptors (Lipinski definition) is 2. The Morgan fingerprint density at radius 2 is 2.11 bits per heavy atom. The lowest BCUT2D eigenvalue weighted by Crippen LogP contribution is -2.38. The zero-order valence-electron chi connectivity index (χ0n) is 10.5. The fourth-order valence-corrected chi connectivity index (χ4v) is 3.00. The van der Waals surface area contributed by atoms with Crippen molar-refractivity contribution in [3.63, 3.8) is 0 Å². The van der Waals surface area contributed by atoms with E-state index in [4.69, 9.17) is 5.73 Å². The van der Waals surface area contributed by atoms with Crippen LogP contribution in [-0.4, -0.2) is 36.8 Å². The van der Waals surface area contributed by atoms with Gasteiger partial charge in [-0.15, -0.1) is 0 Å². The summed E-state index contributed by atoms with van der Waals surface area (Å²) in [5.41, 5.74) is 5.57. The first-order chi connectivity index (χ1) is 8.45. The van der Waals surface area contributed by atoms with Crippen LogP contribution in [0.5, 0.6) is 0 Å². The van der Waals surface area contributed by atoms with Crippen LogP contribution in [0.25, 0.3) is 0 Å². The van der Waals surface area contributed by atoms with Crippen LogP contribution in [0.3, 0.4) is 0 Å². The zero-order valence-corrected chi connectivity index (χ0v) is 10.5. The molecule has 0 saturated heterocycles. The normalized spacial score (nSPS) is 31.2. The second-order valence-electron chi connectivity index (χ2n) is 5.53. The van der Waals surface area contributed by atoms with Gasteiger partial charge in [0.25, 0.3) is 0 Å². The summed E-state index contributed by atoms with van der Waals surface area (Å²) >= 11 is 0. The average molecular weight is 262 g/mol. The Bertz CT molecular complexity index is 312. The predicted octanol–water partition coefficient (Wildman–Crippen LogP) is 2.70. The van der Waals surface area contributed by atoms with Gasteiger partial charge in [0.15, 0.2) is 0 Å². The molecule has 2 unspecified atom stereocenters. The molecule has 0 aromatic rings. The molecule has 5 heteroatoms. The molecule has 1 saturated carbocycles. The van der Waals surface area contributed by atoms with Crippen molar-refractivity contribution in [3.05, 3.63) is 11.6 Å². The van der Waals surface area contributed by atoms with Gasteiger partial charge in [0.05, 0.1) is 0 Å². The number of alkyl halides is 3. The van der Waals surface area contributed by atoms with Crippen molar-refractivity contribution in [2.75, 3.05) is 19.6 Å². The van der Waals surface area contributed by atoms with E-state index in [-0.39, 0.29) is 18.0 Å². The van der Waals surface area contributed by atoms with Gasteiger partial charge in [-0.1, -0.05) is 12.5 Å². The van der Waals surface area contributed by atoms with Crippen molar-refractivity contribution in [2.24, 2.45) is 11.7 Å². The first-order valence-electron chi connectivity index (χ1n) is 6.69. The van der Waals surface area contributed by atoms with Gasteiger partial charge in [-0.3, -0.25) is 4.90 Å². The van der Waals surface area contributed by atoms with Crippen molar-refractivity contribution in [1.82, 2.24) is 4.90 Å². The molecular formula is C13H21F3N2. The van der Waals surface area contributed by atoms with Gasteiger partial charge >= 0.3 is 6.18 Å². The summed E-state index contributed by atoms with van der Waals surface area (Å²) in [6.07, 6.45) is 1.76. The van der Waals surface area contributed by atoms with Gasteiger partial charge < -0.3 is 5.73 Å². The molecule has 0 bridgehead atoms. The molecule has 1 aliphatic heterocycles. The van der Waals surface area contributed by atoms with E-state index in [1.807, 2.05) is 0 Å². The summed E-state index contributed by atoms with van der Waals surface area (Å²) in [6, 6.07) is 0.287. The molecule has 0 spiro atoms. The Kier molecular flexibility index (Phi) is 4.33. The number of nitrogens with zero attached hydrogens (tertiary/aromatic N) is 1. The minimum Gasteiger partial charge on any atom is -0.328 e. The Hall–Kier alpha value is -0.550. The molecule has 0 radical (unpaired) electrons. The molecule has 2 atom stereocenters. The standard InChI is InChI=1S/C13H21F3N2/c14-13(15,16)11-4-6-18(7-5-11)9-10-2-1-3-12(17)8-10/h4,10,12H,1-3,5-9,17H2. The molecule has 1 heterocycles. The second kappa shape index (κ2) is 5.61. The van der Waals surface area contributed by atoms with Crippen LogP contribution >= 0.6 is 0 Å². The highest BCUT2D eigenvalue weighted by atomic mass is 19.4. The van der Waals surface area contributed by atoms with Crippen LogP contribution < -0.4 is 5.73 Å². The van der Waals surface area contributed by atoms with Crippen molar-refractivity contribution in [1.29, 1.82) is 0 Å². The maximum atomic E-state index is 12.5. The van der Waals surface area contributed by atoms with Gasteiger partial charge in [-0.2, -0.15) is 13.2 Å². The molecule has 2 rings (SSSR count). The van der Waals surface area contributed by atoms with E-state index in [9.17, 15) is 13.2 Å². The van der Waals surface area contributed by atoms with E-state index in [1.54, 1.807) is 0 Å². The van der Waals surface area contributed by atoms with E-state index < -0.39 is 6.18 Å². The third kappa shape index (κ3) is 3.72. The van der Waals surface area contributed by atoms with Crippen LogP contribution in [0.15, 0.2) is 11.6 Å².